The van der Waals surface area contributed by atoms with E-state index in [9.17, 15) is 4.79 Å². The van der Waals surface area contributed by atoms with Gasteiger partial charge in [-0.15, -0.1) is 6.58 Å². The lowest BCUT2D eigenvalue weighted by atomic mass is 10.1. The molecule has 0 aliphatic rings. The molecule has 0 radical (unpaired) electrons. The Kier molecular flexibility index (Phi) is 4.93. The lowest BCUT2D eigenvalue weighted by Gasteiger charge is -1.94. The number of hydrogen-bond acceptors (Lipinski definition) is 2. The van der Waals surface area contributed by atoms with Crippen LogP contribution in [0.3, 0.4) is 0 Å². The van der Waals surface area contributed by atoms with Crippen LogP contribution in [0.5, 0.6) is 0 Å². The minimum atomic E-state index is 0.346. The number of carbonyl (C=O) groups excluding carboxylic acids is 1. The molecule has 0 N–H and O–H groups in total. The van der Waals surface area contributed by atoms with Crippen molar-refractivity contribution in [1.82, 2.24) is 0 Å². The summed E-state index contributed by atoms with van der Waals surface area (Å²) in [5.41, 5.74) is 1.34. The van der Waals surface area contributed by atoms with E-state index in [2.05, 4.69) is 18.4 Å². The highest BCUT2D eigenvalue weighted by molar-refractivity contribution is 5.79. The van der Waals surface area contributed by atoms with Crippen molar-refractivity contribution in [3.63, 3.8) is 0 Å². The first-order valence-corrected chi connectivity index (χ1v) is 4.60. The van der Waals surface area contributed by atoms with E-state index in [1.54, 1.807) is 12.1 Å². The van der Waals surface area contributed by atoms with Crippen LogP contribution in [0, 0.1) is 11.8 Å². The molecular formula is C13H12O2. The van der Waals surface area contributed by atoms with Crippen molar-refractivity contribution in [2.24, 2.45) is 0 Å². The summed E-state index contributed by atoms with van der Waals surface area (Å²) in [5, 5.41) is 0. The summed E-state index contributed by atoms with van der Waals surface area (Å²) in [6.07, 6.45) is 2.47. The van der Waals surface area contributed by atoms with Gasteiger partial charge in [-0.3, -0.25) is 4.79 Å². The first kappa shape index (κ1) is 11.2. The van der Waals surface area contributed by atoms with Crippen LogP contribution in [0.25, 0.3) is 0 Å². The molecule has 2 nitrogen and oxygen atoms in total. The fourth-order valence-corrected chi connectivity index (χ4v) is 1.04. The van der Waals surface area contributed by atoms with Crippen molar-refractivity contribution in [3.8, 4) is 11.8 Å². The normalized spacial score (nSPS) is 8.80. The van der Waals surface area contributed by atoms with Crippen molar-refractivity contribution < 1.29 is 9.53 Å². The molecule has 0 saturated heterocycles. The largest absolute Gasteiger partial charge is 0.365 e. The average Bonchev–Trinajstić information content (AvgIpc) is 2.29. The summed E-state index contributed by atoms with van der Waals surface area (Å²) in [4.78, 5) is 10.7. The van der Waals surface area contributed by atoms with Crippen LogP contribution >= 0.6 is 0 Å². The number of ether oxygens (including phenoxy) is 1. The molecule has 0 saturated carbocycles. The molecule has 0 amide bonds. The van der Waals surface area contributed by atoms with Crippen LogP contribution in [-0.4, -0.2) is 19.5 Å². The molecule has 0 heterocycles. The quantitative estimate of drug-likeness (QED) is 0.322. The van der Waals surface area contributed by atoms with Crippen LogP contribution in [-0.2, 0) is 4.74 Å². The van der Waals surface area contributed by atoms with Crippen molar-refractivity contribution in [3.05, 3.63) is 48.0 Å². The molecule has 0 aromatic heterocycles. The number of hydrogen-bond donors (Lipinski definition) is 0. The molecule has 0 atom stereocenters. The summed E-state index contributed by atoms with van der Waals surface area (Å²) in [5.74, 6) is 5.71. The van der Waals surface area contributed by atoms with Crippen LogP contribution in [0.15, 0.2) is 36.9 Å². The Morgan fingerprint density at radius 2 is 2.20 bits per heavy atom. The Bertz CT molecular complexity index is 396. The molecular weight excluding hydrogens is 188 g/mol. The third-order valence-electron chi connectivity index (χ3n) is 1.72. The molecule has 0 unspecified atom stereocenters. The Morgan fingerprint density at radius 3 is 2.93 bits per heavy atom. The first-order valence-electron chi connectivity index (χ1n) is 4.60. The minimum Gasteiger partial charge on any atom is -0.365 e. The monoisotopic (exact) mass is 200 g/mol. The second kappa shape index (κ2) is 6.58. The van der Waals surface area contributed by atoms with Crippen molar-refractivity contribution in [2.45, 2.75) is 0 Å². The van der Waals surface area contributed by atoms with Gasteiger partial charge in [0, 0.05) is 11.1 Å². The summed E-state index contributed by atoms with van der Waals surface area (Å²) in [6, 6.07) is 7.20. The van der Waals surface area contributed by atoms with Crippen molar-refractivity contribution >= 4 is 6.29 Å². The highest BCUT2D eigenvalue weighted by atomic mass is 16.5. The fourth-order valence-electron chi connectivity index (χ4n) is 1.04. The molecule has 0 fully saturated rings. The lowest BCUT2D eigenvalue weighted by molar-refractivity contribution is 0.112. The average molecular weight is 200 g/mol. The summed E-state index contributed by atoms with van der Waals surface area (Å²) in [6.45, 7) is 4.36. The standard InChI is InChI=1S/C13H12O2/c1-2-9-15-10-5-8-12-6-3-4-7-13(12)11-14/h2-4,6-7,11H,1,9-10H2. The van der Waals surface area contributed by atoms with Crippen LogP contribution in [0.1, 0.15) is 15.9 Å². The number of carbonyl (C=O) groups is 1. The summed E-state index contributed by atoms with van der Waals surface area (Å²) < 4.78 is 5.10. The van der Waals surface area contributed by atoms with E-state index < -0.39 is 0 Å². The maximum Gasteiger partial charge on any atom is 0.151 e. The lowest BCUT2D eigenvalue weighted by Crippen LogP contribution is -1.91. The second-order valence-electron chi connectivity index (χ2n) is 2.81. The Hall–Kier alpha value is -1.85. The first-order chi connectivity index (χ1) is 7.38. The maximum atomic E-state index is 10.7. The van der Waals surface area contributed by atoms with Gasteiger partial charge in [0.05, 0.1) is 6.61 Å². The Balaban J connectivity index is 2.62. The third kappa shape index (κ3) is 3.80. The zero-order valence-corrected chi connectivity index (χ0v) is 8.40. The van der Waals surface area contributed by atoms with Gasteiger partial charge in [-0.2, -0.15) is 0 Å². The summed E-state index contributed by atoms with van der Waals surface area (Å²) >= 11 is 0. The number of benzene rings is 1. The third-order valence-corrected chi connectivity index (χ3v) is 1.72. The highest BCUT2D eigenvalue weighted by Crippen LogP contribution is 2.03. The van der Waals surface area contributed by atoms with E-state index >= 15 is 0 Å². The molecule has 76 valence electrons. The van der Waals surface area contributed by atoms with Gasteiger partial charge in [0.1, 0.15) is 6.61 Å². The molecule has 0 bridgehead atoms. The van der Waals surface area contributed by atoms with Gasteiger partial charge in [0.2, 0.25) is 0 Å². The maximum absolute atomic E-state index is 10.7. The SMILES string of the molecule is C=CCOCC#Cc1ccccc1C=O. The fraction of sp³-hybridized carbons (Fsp3) is 0.154. The molecule has 0 spiro atoms. The molecule has 1 aromatic carbocycles. The van der Waals surface area contributed by atoms with Gasteiger partial charge < -0.3 is 4.74 Å². The number of aldehydes is 1. The number of rotatable bonds is 4. The molecule has 0 aliphatic heterocycles. The minimum absolute atomic E-state index is 0.346. The molecule has 1 rings (SSSR count). The Labute approximate surface area is 89.6 Å². The van der Waals surface area contributed by atoms with Gasteiger partial charge in [-0.1, -0.05) is 36.1 Å². The van der Waals surface area contributed by atoms with E-state index in [1.165, 1.54) is 0 Å². The zero-order valence-electron chi connectivity index (χ0n) is 8.40. The van der Waals surface area contributed by atoms with E-state index in [4.69, 9.17) is 4.74 Å². The van der Waals surface area contributed by atoms with Crippen LogP contribution in [0.2, 0.25) is 0 Å². The van der Waals surface area contributed by atoms with Gasteiger partial charge in [-0.25, -0.2) is 0 Å². The summed E-state index contributed by atoms with van der Waals surface area (Å²) in [7, 11) is 0. The molecule has 15 heavy (non-hydrogen) atoms. The van der Waals surface area contributed by atoms with Crippen molar-refractivity contribution in [1.29, 1.82) is 0 Å². The van der Waals surface area contributed by atoms with Crippen LogP contribution in [0.4, 0.5) is 0 Å². The topological polar surface area (TPSA) is 26.3 Å². The highest BCUT2D eigenvalue weighted by Gasteiger charge is 1.94. The van der Waals surface area contributed by atoms with E-state index in [-0.39, 0.29) is 0 Å². The van der Waals surface area contributed by atoms with E-state index in [0.717, 1.165) is 11.8 Å². The predicted molar refractivity (Wildman–Crippen MR) is 59.7 cm³/mol. The van der Waals surface area contributed by atoms with Gasteiger partial charge in [-0.05, 0) is 6.07 Å². The second-order valence-corrected chi connectivity index (χ2v) is 2.81. The van der Waals surface area contributed by atoms with Gasteiger partial charge >= 0.3 is 0 Å². The van der Waals surface area contributed by atoms with Crippen LogP contribution < -0.4 is 0 Å². The molecule has 1 aromatic rings. The van der Waals surface area contributed by atoms with Crippen molar-refractivity contribution in [2.75, 3.05) is 13.2 Å². The van der Waals surface area contributed by atoms with Gasteiger partial charge in [0.15, 0.2) is 6.29 Å². The van der Waals surface area contributed by atoms with E-state index in [0.29, 0.717) is 18.8 Å². The molecule has 2 heteroatoms. The molecule has 0 aliphatic carbocycles. The smallest absolute Gasteiger partial charge is 0.151 e. The van der Waals surface area contributed by atoms with E-state index in [1.807, 2.05) is 18.2 Å². The predicted octanol–water partition coefficient (Wildman–Crippen LogP) is 2.05. The zero-order chi connectivity index (χ0) is 10.9. The Morgan fingerprint density at radius 1 is 1.40 bits per heavy atom. The van der Waals surface area contributed by atoms with Gasteiger partial charge in [0.25, 0.3) is 0 Å².